The molecule has 8 heteroatoms. The number of thiophene rings is 2. The van der Waals surface area contributed by atoms with E-state index in [4.69, 9.17) is 11.5 Å². The molecule has 0 saturated carbocycles. The molecule has 2 rings (SSSR count). The molecular weight excluding hydrogens is 298 g/mol. The number of amides is 3. The van der Waals surface area contributed by atoms with Gasteiger partial charge in [0.05, 0.1) is 16.7 Å². The fourth-order valence-electron chi connectivity index (χ4n) is 1.61. The fourth-order valence-corrected chi connectivity index (χ4v) is 3.25. The molecule has 0 unspecified atom stereocenters. The summed E-state index contributed by atoms with van der Waals surface area (Å²) < 4.78 is 0. The van der Waals surface area contributed by atoms with E-state index < -0.39 is 11.8 Å². The summed E-state index contributed by atoms with van der Waals surface area (Å²) in [6.45, 7) is 1.88. The predicted molar refractivity (Wildman–Crippen MR) is 78.4 cm³/mol. The van der Waals surface area contributed by atoms with Crippen LogP contribution in [0.25, 0.3) is 0 Å². The minimum atomic E-state index is -0.808. The molecule has 2 heterocycles. The maximum atomic E-state index is 12.0. The zero-order chi connectivity index (χ0) is 14.9. The summed E-state index contributed by atoms with van der Waals surface area (Å²) in [5, 5.41) is 5.90. The molecule has 0 saturated heterocycles. The van der Waals surface area contributed by atoms with Crippen molar-refractivity contribution >= 4 is 45.4 Å². The van der Waals surface area contributed by atoms with Gasteiger partial charge in [0, 0.05) is 15.6 Å². The Morgan fingerprint density at radius 2 is 1.80 bits per heavy atom. The van der Waals surface area contributed by atoms with Gasteiger partial charge in [-0.1, -0.05) is 0 Å². The van der Waals surface area contributed by atoms with Crippen LogP contribution in [-0.2, 0) is 0 Å². The van der Waals surface area contributed by atoms with Gasteiger partial charge in [0.15, 0.2) is 0 Å². The third kappa shape index (κ3) is 2.70. The number of hydrogen-bond acceptors (Lipinski definition) is 5. The summed E-state index contributed by atoms with van der Waals surface area (Å²) >= 11 is 2.47. The number of primary amides is 2. The standard InChI is InChI=1S/C12H11N3O3S2/c1-5-2-6(3-19-5)11(18)15-12-8(10(14)17)7(4-20-12)9(13)16/h2-4H,1H3,(H2,13,16)(H2,14,17)(H,15,18). The van der Waals surface area contributed by atoms with Gasteiger partial charge in [-0.05, 0) is 13.0 Å². The number of carbonyl (C=O) groups excluding carboxylic acids is 3. The molecule has 2 aromatic rings. The molecule has 20 heavy (non-hydrogen) atoms. The van der Waals surface area contributed by atoms with E-state index in [1.54, 1.807) is 11.4 Å². The second kappa shape index (κ2) is 5.43. The lowest BCUT2D eigenvalue weighted by Gasteiger charge is -2.04. The highest BCUT2D eigenvalue weighted by atomic mass is 32.1. The van der Waals surface area contributed by atoms with Crippen LogP contribution in [0.1, 0.15) is 36.0 Å². The van der Waals surface area contributed by atoms with Crippen LogP contribution in [0.2, 0.25) is 0 Å². The Morgan fingerprint density at radius 3 is 2.30 bits per heavy atom. The molecule has 0 aliphatic carbocycles. The van der Waals surface area contributed by atoms with Gasteiger partial charge >= 0.3 is 0 Å². The second-order valence-corrected chi connectivity index (χ2v) is 5.98. The number of anilines is 1. The first-order valence-corrected chi connectivity index (χ1v) is 7.23. The number of rotatable bonds is 4. The Kier molecular flexibility index (Phi) is 3.86. The van der Waals surface area contributed by atoms with Crippen molar-refractivity contribution in [1.29, 1.82) is 0 Å². The van der Waals surface area contributed by atoms with Gasteiger partial charge in [0.2, 0.25) is 5.91 Å². The van der Waals surface area contributed by atoms with Gasteiger partial charge in [-0.15, -0.1) is 22.7 Å². The van der Waals surface area contributed by atoms with Gasteiger partial charge in [0.1, 0.15) is 5.00 Å². The third-order valence-electron chi connectivity index (χ3n) is 2.52. The summed E-state index contributed by atoms with van der Waals surface area (Å²) in [5.74, 6) is -1.94. The first kappa shape index (κ1) is 14.2. The van der Waals surface area contributed by atoms with Crippen molar-refractivity contribution in [3.8, 4) is 0 Å². The zero-order valence-electron chi connectivity index (χ0n) is 10.4. The largest absolute Gasteiger partial charge is 0.366 e. The van der Waals surface area contributed by atoms with Crippen LogP contribution in [-0.4, -0.2) is 17.7 Å². The highest BCUT2D eigenvalue weighted by molar-refractivity contribution is 7.15. The first-order chi connectivity index (χ1) is 9.40. The quantitative estimate of drug-likeness (QED) is 0.796. The third-order valence-corrected chi connectivity index (χ3v) is 4.28. The molecule has 0 aliphatic heterocycles. The number of hydrogen-bond donors (Lipinski definition) is 3. The molecule has 104 valence electrons. The van der Waals surface area contributed by atoms with Crippen LogP contribution in [0.5, 0.6) is 0 Å². The minimum Gasteiger partial charge on any atom is -0.366 e. The average molecular weight is 309 g/mol. The molecule has 6 nitrogen and oxygen atoms in total. The fraction of sp³-hybridized carbons (Fsp3) is 0.0833. The van der Waals surface area contributed by atoms with E-state index >= 15 is 0 Å². The minimum absolute atomic E-state index is 0.0132. The second-order valence-electron chi connectivity index (χ2n) is 3.98. The lowest BCUT2D eigenvalue weighted by molar-refractivity contribution is 0.0968. The molecule has 2 aromatic heterocycles. The molecule has 0 bridgehead atoms. The summed E-state index contributed by atoms with van der Waals surface area (Å²) in [4.78, 5) is 35.6. The Hall–Kier alpha value is -2.19. The Labute approximate surface area is 122 Å². The summed E-state index contributed by atoms with van der Waals surface area (Å²) in [7, 11) is 0. The van der Waals surface area contributed by atoms with Crippen LogP contribution in [0.3, 0.4) is 0 Å². The molecule has 0 atom stereocenters. The molecule has 0 radical (unpaired) electrons. The van der Waals surface area contributed by atoms with E-state index in [9.17, 15) is 14.4 Å². The first-order valence-electron chi connectivity index (χ1n) is 5.47. The van der Waals surface area contributed by atoms with Crippen LogP contribution in [0.15, 0.2) is 16.8 Å². The van der Waals surface area contributed by atoms with Crippen molar-refractivity contribution in [2.24, 2.45) is 11.5 Å². The molecular formula is C12H11N3O3S2. The number of carbonyl (C=O) groups is 3. The highest BCUT2D eigenvalue weighted by Gasteiger charge is 2.22. The normalized spacial score (nSPS) is 10.2. The Balaban J connectivity index is 2.32. The van der Waals surface area contributed by atoms with Crippen LogP contribution < -0.4 is 16.8 Å². The maximum Gasteiger partial charge on any atom is 0.257 e. The van der Waals surface area contributed by atoms with Crippen molar-refractivity contribution in [3.63, 3.8) is 0 Å². The van der Waals surface area contributed by atoms with Crippen molar-refractivity contribution in [3.05, 3.63) is 38.4 Å². The number of nitrogens with two attached hydrogens (primary N) is 2. The van der Waals surface area contributed by atoms with Gasteiger partial charge < -0.3 is 16.8 Å². The van der Waals surface area contributed by atoms with Crippen molar-refractivity contribution in [2.75, 3.05) is 5.32 Å². The van der Waals surface area contributed by atoms with E-state index in [0.29, 0.717) is 5.56 Å². The zero-order valence-corrected chi connectivity index (χ0v) is 12.1. The van der Waals surface area contributed by atoms with Gasteiger partial charge in [-0.3, -0.25) is 14.4 Å². The molecule has 0 aromatic carbocycles. The number of aryl methyl sites for hydroxylation is 1. The predicted octanol–water partition coefficient (Wildman–Crippen LogP) is 1.57. The van der Waals surface area contributed by atoms with Gasteiger partial charge in [-0.25, -0.2) is 0 Å². The highest BCUT2D eigenvalue weighted by Crippen LogP contribution is 2.28. The molecule has 0 fully saturated rings. The maximum absolute atomic E-state index is 12.0. The van der Waals surface area contributed by atoms with Gasteiger partial charge in [0.25, 0.3) is 11.8 Å². The monoisotopic (exact) mass is 309 g/mol. The van der Waals surface area contributed by atoms with E-state index in [1.165, 1.54) is 16.7 Å². The number of nitrogens with one attached hydrogen (secondary N) is 1. The lowest BCUT2D eigenvalue weighted by atomic mass is 10.1. The lowest BCUT2D eigenvalue weighted by Crippen LogP contribution is -2.21. The van der Waals surface area contributed by atoms with Crippen molar-refractivity contribution in [2.45, 2.75) is 6.92 Å². The Morgan fingerprint density at radius 1 is 1.10 bits per heavy atom. The van der Waals surface area contributed by atoms with Crippen LogP contribution in [0, 0.1) is 6.92 Å². The van der Waals surface area contributed by atoms with E-state index in [-0.39, 0.29) is 22.0 Å². The van der Waals surface area contributed by atoms with Crippen molar-refractivity contribution in [1.82, 2.24) is 0 Å². The SMILES string of the molecule is Cc1cc(C(=O)Nc2scc(C(N)=O)c2C(N)=O)cs1. The van der Waals surface area contributed by atoms with Crippen molar-refractivity contribution < 1.29 is 14.4 Å². The molecule has 0 spiro atoms. The van der Waals surface area contributed by atoms with Crippen LogP contribution >= 0.6 is 22.7 Å². The van der Waals surface area contributed by atoms with E-state index in [1.807, 2.05) is 6.92 Å². The molecule has 3 amide bonds. The summed E-state index contributed by atoms with van der Waals surface area (Å²) in [6.07, 6.45) is 0. The average Bonchev–Trinajstić information content (AvgIpc) is 2.95. The topological polar surface area (TPSA) is 115 Å². The van der Waals surface area contributed by atoms with E-state index in [0.717, 1.165) is 16.2 Å². The summed E-state index contributed by atoms with van der Waals surface area (Å²) in [6, 6.07) is 1.73. The molecule has 0 aliphatic rings. The van der Waals surface area contributed by atoms with Crippen LogP contribution in [0.4, 0.5) is 5.00 Å². The van der Waals surface area contributed by atoms with Gasteiger partial charge in [-0.2, -0.15) is 0 Å². The smallest absolute Gasteiger partial charge is 0.257 e. The molecule has 5 N–H and O–H groups in total. The Bertz CT molecular complexity index is 703. The van der Waals surface area contributed by atoms with E-state index in [2.05, 4.69) is 5.32 Å². The summed E-state index contributed by atoms with van der Waals surface area (Å²) in [5.41, 5.74) is 10.8.